The maximum atomic E-state index is 12.2. The van der Waals surface area contributed by atoms with E-state index in [1.165, 1.54) is 24.3 Å². The van der Waals surface area contributed by atoms with E-state index in [4.69, 9.17) is 5.11 Å². The van der Waals surface area contributed by atoms with Crippen LogP contribution in [0.5, 0.6) is 0 Å². The summed E-state index contributed by atoms with van der Waals surface area (Å²) in [6, 6.07) is 12.3. The Labute approximate surface area is 163 Å². The Morgan fingerprint density at radius 2 is 1.68 bits per heavy atom. The summed E-state index contributed by atoms with van der Waals surface area (Å²) in [5.41, 5.74) is 1.76. The van der Waals surface area contributed by atoms with Crippen LogP contribution in [-0.2, 0) is 21.2 Å². The summed E-state index contributed by atoms with van der Waals surface area (Å²) in [6.07, 6.45) is 1.05. The number of carboxylic acids is 1. The molecule has 0 heterocycles. The molecule has 2 aromatic rings. The quantitative estimate of drug-likeness (QED) is 0.608. The van der Waals surface area contributed by atoms with Gasteiger partial charge < -0.3 is 10.4 Å². The van der Waals surface area contributed by atoms with Gasteiger partial charge in [-0.05, 0) is 48.4 Å². The van der Waals surface area contributed by atoms with Crippen molar-refractivity contribution < 1.29 is 23.1 Å². The van der Waals surface area contributed by atoms with Gasteiger partial charge in [0.15, 0.2) is 0 Å². The van der Waals surface area contributed by atoms with Gasteiger partial charge >= 0.3 is 5.97 Å². The van der Waals surface area contributed by atoms with Gasteiger partial charge in [-0.15, -0.1) is 0 Å². The van der Waals surface area contributed by atoms with Crippen molar-refractivity contribution in [3.63, 3.8) is 0 Å². The van der Waals surface area contributed by atoms with Crippen LogP contribution in [-0.4, -0.2) is 39.0 Å². The first kappa shape index (κ1) is 21.2. The Hall–Kier alpha value is -3.15. The third-order valence-electron chi connectivity index (χ3n) is 3.87. The van der Waals surface area contributed by atoms with Crippen molar-refractivity contribution in [3.05, 3.63) is 65.2 Å². The number of carboxylic acid groups (broad SMARTS) is 1. The number of hydrogen-bond acceptors (Lipinski definition) is 4. The van der Waals surface area contributed by atoms with Crippen LogP contribution in [0.25, 0.3) is 0 Å². The SMILES string of the molecule is CNC(=O)CCc1ccc(C#CCNS(=O)(=O)c2ccc(C(=O)O)cc2)cc1. The Balaban J connectivity index is 1.91. The van der Waals surface area contributed by atoms with Crippen molar-refractivity contribution in [2.75, 3.05) is 13.6 Å². The number of sulfonamides is 1. The van der Waals surface area contributed by atoms with Gasteiger partial charge in [0, 0.05) is 19.0 Å². The molecule has 146 valence electrons. The predicted octanol–water partition coefficient (Wildman–Crippen LogP) is 1.39. The summed E-state index contributed by atoms with van der Waals surface area (Å²) in [7, 11) is -2.17. The molecule has 0 atom stereocenters. The number of benzene rings is 2. The molecular weight excluding hydrogens is 380 g/mol. The standard InChI is InChI=1S/C20H20N2O5S/c1-21-19(23)13-8-16-6-4-15(5-7-16)3-2-14-22-28(26,27)18-11-9-17(10-12-18)20(24)25/h4-7,9-12,22H,8,13-14H2,1H3,(H,21,23)(H,24,25). The minimum Gasteiger partial charge on any atom is -0.478 e. The highest BCUT2D eigenvalue weighted by Crippen LogP contribution is 2.10. The van der Waals surface area contributed by atoms with Gasteiger partial charge in [0.25, 0.3) is 0 Å². The van der Waals surface area contributed by atoms with E-state index in [0.29, 0.717) is 12.8 Å². The maximum absolute atomic E-state index is 12.2. The summed E-state index contributed by atoms with van der Waals surface area (Å²) in [6.45, 7) is -0.0819. The molecule has 0 aliphatic carbocycles. The molecule has 8 heteroatoms. The molecule has 0 aliphatic heterocycles. The smallest absolute Gasteiger partial charge is 0.335 e. The van der Waals surface area contributed by atoms with Gasteiger partial charge in [-0.3, -0.25) is 4.79 Å². The average Bonchev–Trinajstić information content (AvgIpc) is 2.70. The largest absolute Gasteiger partial charge is 0.478 e. The summed E-state index contributed by atoms with van der Waals surface area (Å²) < 4.78 is 26.7. The van der Waals surface area contributed by atoms with E-state index in [1.807, 2.05) is 24.3 Å². The van der Waals surface area contributed by atoms with Crippen molar-refractivity contribution in [1.29, 1.82) is 0 Å². The van der Waals surface area contributed by atoms with E-state index in [9.17, 15) is 18.0 Å². The number of nitrogens with one attached hydrogen (secondary N) is 2. The van der Waals surface area contributed by atoms with Gasteiger partial charge in [0.1, 0.15) is 0 Å². The van der Waals surface area contributed by atoms with Crippen LogP contribution >= 0.6 is 0 Å². The van der Waals surface area contributed by atoms with Crippen LogP contribution in [0.2, 0.25) is 0 Å². The third kappa shape index (κ3) is 6.23. The monoisotopic (exact) mass is 400 g/mol. The van der Waals surface area contributed by atoms with Crippen LogP contribution in [0.1, 0.15) is 27.9 Å². The van der Waals surface area contributed by atoms with Crippen molar-refractivity contribution >= 4 is 21.9 Å². The lowest BCUT2D eigenvalue weighted by Gasteiger charge is -2.04. The first-order valence-electron chi connectivity index (χ1n) is 8.43. The van der Waals surface area contributed by atoms with E-state index in [-0.39, 0.29) is 22.9 Å². The van der Waals surface area contributed by atoms with Crippen molar-refractivity contribution in [2.24, 2.45) is 0 Å². The Kier molecular flexibility index (Phi) is 7.32. The highest BCUT2D eigenvalue weighted by atomic mass is 32.2. The number of carbonyl (C=O) groups is 2. The second-order valence-corrected chi connectivity index (χ2v) is 7.59. The molecule has 0 radical (unpaired) electrons. The zero-order valence-electron chi connectivity index (χ0n) is 15.2. The molecule has 2 aromatic carbocycles. The molecule has 2 rings (SSSR count). The average molecular weight is 400 g/mol. The van der Waals surface area contributed by atoms with Crippen LogP contribution in [0.4, 0.5) is 0 Å². The Bertz CT molecular complexity index is 1000. The van der Waals surface area contributed by atoms with Crippen LogP contribution in [0.15, 0.2) is 53.4 Å². The third-order valence-corrected chi connectivity index (χ3v) is 5.29. The first-order valence-corrected chi connectivity index (χ1v) is 9.91. The lowest BCUT2D eigenvalue weighted by Crippen LogP contribution is -2.24. The van der Waals surface area contributed by atoms with Crippen molar-refractivity contribution in [2.45, 2.75) is 17.7 Å². The number of hydrogen-bond donors (Lipinski definition) is 3. The van der Waals surface area contributed by atoms with Crippen molar-refractivity contribution in [3.8, 4) is 11.8 Å². The van der Waals surface area contributed by atoms with Gasteiger partial charge in [0.05, 0.1) is 17.0 Å². The first-order chi connectivity index (χ1) is 13.3. The molecule has 0 spiro atoms. The molecule has 0 fully saturated rings. The van der Waals surface area contributed by atoms with Crippen LogP contribution in [0, 0.1) is 11.8 Å². The summed E-state index contributed by atoms with van der Waals surface area (Å²) in [5.74, 6) is 4.46. The fourth-order valence-electron chi connectivity index (χ4n) is 2.27. The molecule has 3 N–H and O–H groups in total. The number of aromatic carboxylic acids is 1. The fourth-order valence-corrected chi connectivity index (χ4v) is 3.20. The summed E-state index contributed by atoms with van der Waals surface area (Å²) in [5, 5.41) is 11.4. The Morgan fingerprint density at radius 1 is 1.04 bits per heavy atom. The number of carbonyl (C=O) groups excluding carboxylic acids is 1. The highest BCUT2D eigenvalue weighted by Gasteiger charge is 2.13. The lowest BCUT2D eigenvalue weighted by atomic mass is 10.1. The number of rotatable bonds is 7. The van der Waals surface area contributed by atoms with E-state index in [2.05, 4.69) is 21.9 Å². The van der Waals surface area contributed by atoms with E-state index in [0.717, 1.165) is 11.1 Å². The molecule has 0 saturated carbocycles. The van der Waals surface area contributed by atoms with Gasteiger partial charge in [-0.1, -0.05) is 24.0 Å². The van der Waals surface area contributed by atoms with E-state index >= 15 is 0 Å². The summed E-state index contributed by atoms with van der Waals surface area (Å²) in [4.78, 5) is 22.0. The molecule has 28 heavy (non-hydrogen) atoms. The molecule has 0 unspecified atom stereocenters. The molecule has 0 aliphatic rings. The second-order valence-electron chi connectivity index (χ2n) is 5.83. The fraction of sp³-hybridized carbons (Fsp3) is 0.200. The normalized spacial score (nSPS) is 10.6. The molecule has 0 aromatic heterocycles. The van der Waals surface area contributed by atoms with E-state index < -0.39 is 16.0 Å². The minimum atomic E-state index is -3.77. The number of aryl methyl sites for hydroxylation is 1. The topological polar surface area (TPSA) is 113 Å². The molecule has 1 amide bonds. The summed E-state index contributed by atoms with van der Waals surface area (Å²) >= 11 is 0. The zero-order valence-corrected chi connectivity index (χ0v) is 16.0. The number of amides is 1. The maximum Gasteiger partial charge on any atom is 0.335 e. The van der Waals surface area contributed by atoms with Gasteiger partial charge in [-0.25, -0.2) is 13.2 Å². The van der Waals surface area contributed by atoms with Gasteiger partial charge in [0.2, 0.25) is 15.9 Å². The molecule has 7 nitrogen and oxygen atoms in total. The molecule has 0 saturated heterocycles. The van der Waals surface area contributed by atoms with Crippen LogP contribution < -0.4 is 10.0 Å². The molecule has 0 bridgehead atoms. The lowest BCUT2D eigenvalue weighted by molar-refractivity contribution is -0.120. The predicted molar refractivity (Wildman–Crippen MR) is 104 cm³/mol. The van der Waals surface area contributed by atoms with Crippen LogP contribution in [0.3, 0.4) is 0 Å². The van der Waals surface area contributed by atoms with Crippen molar-refractivity contribution in [1.82, 2.24) is 10.0 Å². The minimum absolute atomic E-state index is 0.0116. The van der Waals surface area contributed by atoms with E-state index in [1.54, 1.807) is 7.05 Å². The molecular formula is C20H20N2O5S. The highest BCUT2D eigenvalue weighted by molar-refractivity contribution is 7.89. The zero-order chi connectivity index (χ0) is 20.6. The van der Waals surface area contributed by atoms with Gasteiger partial charge in [-0.2, -0.15) is 4.72 Å². The Morgan fingerprint density at radius 3 is 2.25 bits per heavy atom. The second kappa shape index (κ2) is 9.69.